The van der Waals surface area contributed by atoms with E-state index >= 15 is 0 Å². The average Bonchev–Trinajstić information content (AvgIpc) is 2.41. The summed E-state index contributed by atoms with van der Waals surface area (Å²) >= 11 is 0. The first-order valence-corrected chi connectivity index (χ1v) is 6.32. The lowest BCUT2D eigenvalue weighted by Crippen LogP contribution is -2.37. The lowest BCUT2D eigenvalue weighted by atomic mass is 9.98. The summed E-state index contributed by atoms with van der Waals surface area (Å²) in [6.45, 7) is 5.52. The topological polar surface area (TPSA) is 66.4 Å². The number of aliphatic carboxylic acids is 1. The smallest absolute Gasteiger partial charge is 0.303 e. The highest BCUT2D eigenvalue weighted by molar-refractivity contribution is 6.00. The number of ketones is 1. The Morgan fingerprint density at radius 2 is 2.20 bits per heavy atom. The zero-order valence-corrected chi connectivity index (χ0v) is 11.4. The van der Waals surface area contributed by atoms with Crippen LogP contribution in [0.1, 0.15) is 28.8 Å². The summed E-state index contributed by atoms with van der Waals surface area (Å²) in [5, 5.41) is 11.6. The Morgan fingerprint density at radius 3 is 2.75 bits per heavy atom. The highest BCUT2D eigenvalue weighted by Crippen LogP contribution is 2.13. The van der Waals surface area contributed by atoms with Crippen LogP contribution in [0, 0.1) is 12.7 Å². The first-order valence-electron chi connectivity index (χ1n) is 6.32. The average molecular weight is 279 g/mol. The van der Waals surface area contributed by atoms with Gasteiger partial charge in [-0.15, -0.1) is 6.58 Å². The maximum atomic E-state index is 13.2. The number of halogens is 1. The van der Waals surface area contributed by atoms with E-state index in [-0.39, 0.29) is 24.4 Å². The normalized spacial score (nSPS) is 11.9. The second-order valence-electron chi connectivity index (χ2n) is 4.51. The fourth-order valence-electron chi connectivity index (χ4n) is 1.82. The number of carboxylic acids is 1. The summed E-state index contributed by atoms with van der Waals surface area (Å²) in [6.07, 6.45) is 1.66. The zero-order valence-electron chi connectivity index (χ0n) is 11.4. The van der Waals surface area contributed by atoms with Gasteiger partial charge in [0.25, 0.3) is 0 Å². The number of carbonyl (C=O) groups excluding carboxylic acids is 1. The van der Waals surface area contributed by atoms with Gasteiger partial charge in [-0.25, -0.2) is 4.39 Å². The summed E-state index contributed by atoms with van der Waals surface area (Å²) in [5.41, 5.74) is 0.757. The van der Waals surface area contributed by atoms with Crippen LogP contribution in [0.4, 0.5) is 4.39 Å². The van der Waals surface area contributed by atoms with Crippen LogP contribution in [0.5, 0.6) is 0 Å². The van der Waals surface area contributed by atoms with E-state index in [1.165, 1.54) is 18.2 Å². The van der Waals surface area contributed by atoms with Crippen molar-refractivity contribution in [3.05, 3.63) is 47.8 Å². The number of benzene rings is 1. The van der Waals surface area contributed by atoms with E-state index < -0.39 is 12.0 Å². The lowest BCUT2D eigenvalue weighted by Gasteiger charge is -2.16. The molecule has 1 atom stereocenters. The molecule has 0 heterocycles. The van der Waals surface area contributed by atoms with Gasteiger partial charge >= 0.3 is 5.97 Å². The molecule has 108 valence electrons. The molecule has 5 heteroatoms. The largest absolute Gasteiger partial charge is 0.481 e. The fourth-order valence-corrected chi connectivity index (χ4v) is 1.82. The Bertz CT molecular complexity index is 514. The van der Waals surface area contributed by atoms with E-state index in [9.17, 15) is 14.0 Å². The number of carboxylic acid groups (broad SMARTS) is 1. The van der Waals surface area contributed by atoms with Gasteiger partial charge in [0.2, 0.25) is 0 Å². The van der Waals surface area contributed by atoms with Crippen molar-refractivity contribution in [3.8, 4) is 0 Å². The first kappa shape index (κ1) is 16.0. The fraction of sp³-hybridized carbons (Fsp3) is 0.333. The van der Waals surface area contributed by atoms with Crippen LogP contribution in [-0.4, -0.2) is 29.4 Å². The van der Waals surface area contributed by atoms with Crippen molar-refractivity contribution < 1.29 is 19.1 Å². The maximum absolute atomic E-state index is 13.2. The molecular formula is C15H18FNO3. The minimum Gasteiger partial charge on any atom is -0.481 e. The van der Waals surface area contributed by atoms with Crippen LogP contribution in [0.3, 0.4) is 0 Å². The van der Waals surface area contributed by atoms with Crippen molar-refractivity contribution >= 4 is 11.8 Å². The Balaban J connectivity index is 2.87. The molecule has 0 amide bonds. The predicted molar refractivity (Wildman–Crippen MR) is 74.3 cm³/mol. The van der Waals surface area contributed by atoms with Gasteiger partial charge in [0.05, 0.1) is 6.04 Å². The van der Waals surface area contributed by atoms with E-state index in [4.69, 9.17) is 5.11 Å². The minimum atomic E-state index is -0.960. The molecule has 0 bridgehead atoms. The first-order chi connectivity index (χ1) is 9.45. The number of Topliss-reactive ketones (excluding diaryl/α,β-unsaturated/α-hetero) is 1. The standard InChI is InChI=1S/C15H18FNO3/c1-3-8-17-13(6-7-14(18)19)15(20)11-4-5-12(16)10(2)9-11/h3-5,9,13,17H,1,6-8H2,2H3,(H,18,19). The summed E-state index contributed by atoms with van der Waals surface area (Å²) in [6, 6.07) is 3.51. The van der Waals surface area contributed by atoms with E-state index in [0.717, 1.165) is 0 Å². The molecule has 4 nitrogen and oxygen atoms in total. The molecule has 0 fully saturated rings. The van der Waals surface area contributed by atoms with Gasteiger partial charge in [-0.05, 0) is 37.1 Å². The molecule has 1 aromatic rings. The van der Waals surface area contributed by atoms with Crippen molar-refractivity contribution in [3.63, 3.8) is 0 Å². The molecule has 20 heavy (non-hydrogen) atoms. The SMILES string of the molecule is C=CCNC(CCC(=O)O)C(=O)c1ccc(F)c(C)c1. The molecule has 0 aliphatic heterocycles. The van der Waals surface area contributed by atoms with Crippen molar-refractivity contribution in [1.29, 1.82) is 0 Å². The van der Waals surface area contributed by atoms with Gasteiger partial charge in [0.1, 0.15) is 5.82 Å². The van der Waals surface area contributed by atoms with Gasteiger partial charge in [0.15, 0.2) is 5.78 Å². The molecule has 0 saturated carbocycles. The Labute approximate surface area is 117 Å². The number of rotatable bonds is 8. The van der Waals surface area contributed by atoms with Gasteiger partial charge in [-0.1, -0.05) is 6.08 Å². The lowest BCUT2D eigenvalue weighted by molar-refractivity contribution is -0.137. The van der Waals surface area contributed by atoms with E-state index in [1.807, 2.05) is 0 Å². The summed E-state index contributed by atoms with van der Waals surface area (Å²) in [7, 11) is 0. The molecule has 0 saturated heterocycles. The molecule has 1 rings (SSSR count). The number of hydrogen-bond acceptors (Lipinski definition) is 3. The van der Waals surface area contributed by atoms with Gasteiger partial charge in [-0.3, -0.25) is 9.59 Å². The molecule has 0 spiro atoms. The molecule has 1 aromatic carbocycles. The van der Waals surface area contributed by atoms with Gasteiger partial charge in [-0.2, -0.15) is 0 Å². The molecule has 0 aliphatic carbocycles. The third-order valence-corrected chi connectivity index (χ3v) is 2.91. The minimum absolute atomic E-state index is 0.110. The molecular weight excluding hydrogens is 261 g/mol. The molecule has 0 aromatic heterocycles. The van der Waals surface area contributed by atoms with Crippen LogP contribution in [0.25, 0.3) is 0 Å². The summed E-state index contributed by atoms with van der Waals surface area (Å²) in [5.74, 6) is -1.57. The van der Waals surface area contributed by atoms with E-state index in [0.29, 0.717) is 17.7 Å². The number of hydrogen-bond donors (Lipinski definition) is 2. The monoisotopic (exact) mass is 279 g/mol. The van der Waals surface area contributed by atoms with Crippen LogP contribution in [0.15, 0.2) is 30.9 Å². The second kappa shape index (κ2) is 7.55. The Hall–Kier alpha value is -2.01. The molecule has 1 unspecified atom stereocenters. The van der Waals surface area contributed by atoms with Gasteiger partial charge in [0, 0.05) is 18.5 Å². The molecule has 0 aliphatic rings. The van der Waals surface area contributed by atoms with Crippen molar-refractivity contribution in [1.82, 2.24) is 5.32 Å². The summed E-state index contributed by atoms with van der Waals surface area (Å²) in [4.78, 5) is 22.9. The maximum Gasteiger partial charge on any atom is 0.303 e. The third-order valence-electron chi connectivity index (χ3n) is 2.91. The third kappa shape index (κ3) is 4.59. The van der Waals surface area contributed by atoms with Crippen LogP contribution >= 0.6 is 0 Å². The van der Waals surface area contributed by atoms with Crippen LogP contribution in [0.2, 0.25) is 0 Å². The highest BCUT2D eigenvalue weighted by Gasteiger charge is 2.20. The van der Waals surface area contributed by atoms with Crippen LogP contribution < -0.4 is 5.32 Å². The number of nitrogens with one attached hydrogen (secondary N) is 1. The van der Waals surface area contributed by atoms with Crippen molar-refractivity contribution in [2.45, 2.75) is 25.8 Å². The highest BCUT2D eigenvalue weighted by atomic mass is 19.1. The zero-order chi connectivity index (χ0) is 15.1. The Morgan fingerprint density at radius 1 is 1.50 bits per heavy atom. The summed E-state index contributed by atoms with van der Waals surface area (Å²) < 4.78 is 13.2. The van der Waals surface area contributed by atoms with E-state index in [2.05, 4.69) is 11.9 Å². The number of carbonyl (C=O) groups is 2. The van der Waals surface area contributed by atoms with E-state index in [1.54, 1.807) is 13.0 Å². The van der Waals surface area contributed by atoms with Crippen molar-refractivity contribution in [2.75, 3.05) is 6.54 Å². The van der Waals surface area contributed by atoms with Crippen LogP contribution in [-0.2, 0) is 4.79 Å². The van der Waals surface area contributed by atoms with Gasteiger partial charge < -0.3 is 10.4 Å². The quantitative estimate of drug-likeness (QED) is 0.566. The second-order valence-corrected chi connectivity index (χ2v) is 4.51. The molecule has 0 radical (unpaired) electrons. The number of aryl methyl sites for hydroxylation is 1. The Kier molecular flexibility index (Phi) is 6.06. The van der Waals surface area contributed by atoms with Crippen molar-refractivity contribution in [2.24, 2.45) is 0 Å². The molecule has 2 N–H and O–H groups in total. The predicted octanol–water partition coefficient (Wildman–Crippen LogP) is 2.33.